The molecule has 2 rings (SSSR count). The van der Waals surface area contributed by atoms with Gasteiger partial charge in [0.1, 0.15) is 4.90 Å². The molecule has 0 unspecified atom stereocenters. The summed E-state index contributed by atoms with van der Waals surface area (Å²) in [5, 5.41) is 3.77. The van der Waals surface area contributed by atoms with Gasteiger partial charge in [-0.3, -0.25) is 9.48 Å². The Morgan fingerprint density at radius 1 is 1.25 bits per heavy atom. The van der Waals surface area contributed by atoms with Crippen molar-refractivity contribution in [3.8, 4) is 0 Å². The van der Waals surface area contributed by atoms with Crippen LogP contribution < -0.4 is 4.72 Å². The molecule has 0 bridgehead atoms. The predicted molar refractivity (Wildman–Crippen MR) is 73.8 cm³/mol. The molecule has 0 radical (unpaired) electrons. The van der Waals surface area contributed by atoms with Crippen LogP contribution in [0.2, 0.25) is 0 Å². The molecular weight excluding hydrogens is 278 g/mol. The van der Waals surface area contributed by atoms with Gasteiger partial charge in [0.05, 0.1) is 6.20 Å². The van der Waals surface area contributed by atoms with Gasteiger partial charge in [-0.25, -0.2) is 13.1 Å². The lowest BCUT2D eigenvalue weighted by atomic mass is 10.1. The first kappa shape index (κ1) is 14.3. The molecule has 0 fully saturated rings. The minimum atomic E-state index is -3.89. The fraction of sp³-hybridized carbons (Fsp3) is 0.231. The Morgan fingerprint density at radius 2 is 1.95 bits per heavy atom. The van der Waals surface area contributed by atoms with E-state index in [9.17, 15) is 13.2 Å². The van der Waals surface area contributed by atoms with E-state index in [1.807, 2.05) is 18.6 Å². The number of aryl methyl sites for hydroxylation is 3. The van der Waals surface area contributed by atoms with E-state index >= 15 is 0 Å². The van der Waals surface area contributed by atoms with Gasteiger partial charge in [-0.1, -0.05) is 6.07 Å². The van der Waals surface area contributed by atoms with Crippen LogP contribution in [0.5, 0.6) is 0 Å². The number of carbonyl (C=O) groups excluding carboxylic acids is 1. The minimum Gasteiger partial charge on any atom is -0.274 e. The van der Waals surface area contributed by atoms with Crippen LogP contribution in [0.15, 0.2) is 35.5 Å². The zero-order valence-corrected chi connectivity index (χ0v) is 12.2. The Bertz CT molecular complexity index is 763. The summed E-state index contributed by atoms with van der Waals surface area (Å²) in [5.74, 6) is -0.656. The summed E-state index contributed by atoms with van der Waals surface area (Å²) in [6.45, 7) is 3.78. The molecule has 0 atom stereocenters. The first-order valence-electron chi connectivity index (χ1n) is 5.92. The number of aromatic nitrogens is 2. The highest BCUT2D eigenvalue weighted by Crippen LogP contribution is 2.12. The second kappa shape index (κ2) is 5.09. The smallest absolute Gasteiger partial charge is 0.267 e. The third-order valence-electron chi connectivity index (χ3n) is 2.99. The van der Waals surface area contributed by atoms with Crippen molar-refractivity contribution in [2.75, 3.05) is 0 Å². The molecule has 0 saturated heterocycles. The van der Waals surface area contributed by atoms with Gasteiger partial charge in [-0.05, 0) is 37.1 Å². The third-order valence-corrected chi connectivity index (χ3v) is 4.27. The lowest BCUT2D eigenvalue weighted by Gasteiger charge is -2.07. The largest absolute Gasteiger partial charge is 0.274 e. The number of hydrogen-bond donors (Lipinski definition) is 1. The molecule has 0 aliphatic rings. The van der Waals surface area contributed by atoms with E-state index in [1.165, 1.54) is 17.1 Å². The van der Waals surface area contributed by atoms with Crippen molar-refractivity contribution in [1.82, 2.24) is 14.5 Å². The van der Waals surface area contributed by atoms with E-state index in [0.717, 1.165) is 11.1 Å². The minimum absolute atomic E-state index is 0.0443. The first-order chi connectivity index (χ1) is 9.29. The Labute approximate surface area is 117 Å². The van der Waals surface area contributed by atoms with Crippen molar-refractivity contribution in [2.45, 2.75) is 18.7 Å². The zero-order chi connectivity index (χ0) is 14.9. The second-order valence-corrected chi connectivity index (χ2v) is 6.27. The summed E-state index contributed by atoms with van der Waals surface area (Å²) in [7, 11) is -2.29. The highest BCUT2D eigenvalue weighted by molar-refractivity contribution is 7.90. The molecule has 106 valence electrons. The summed E-state index contributed by atoms with van der Waals surface area (Å²) < 4.78 is 27.4. The van der Waals surface area contributed by atoms with Crippen molar-refractivity contribution in [1.29, 1.82) is 0 Å². The van der Waals surface area contributed by atoms with Crippen molar-refractivity contribution in [3.05, 3.63) is 47.3 Å². The zero-order valence-electron chi connectivity index (χ0n) is 11.4. The van der Waals surface area contributed by atoms with E-state index in [-0.39, 0.29) is 4.90 Å². The molecule has 0 aliphatic carbocycles. The molecule has 7 heteroatoms. The average molecular weight is 293 g/mol. The molecule has 0 aliphatic heterocycles. The average Bonchev–Trinajstić information content (AvgIpc) is 2.79. The highest BCUT2D eigenvalue weighted by atomic mass is 32.2. The van der Waals surface area contributed by atoms with Gasteiger partial charge in [-0.15, -0.1) is 0 Å². The third kappa shape index (κ3) is 2.88. The standard InChI is InChI=1S/C13H15N3O3S/c1-9-4-5-11(6-10(9)2)13(17)15-20(18,19)12-7-14-16(3)8-12/h4-8H,1-3H3,(H,15,17). The van der Waals surface area contributed by atoms with Crippen LogP contribution in [-0.2, 0) is 17.1 Å². The van der Waals surface area contributed by atoms with E-state index in [2.05, 4.69) is 5.10 Å². The number of rotatable bonds is 3. The number of benzene rings is 1. The molecule has 1 aromatic carbocycles. The van der Waals surface area contributed by atoms with Crippen LogP contribution in [0.25, 0.3) is 0 Å². The maximum Gasteiger partial charge on any atom is 0.267 e. The summed E-state index contributed by atoms with van der Waals surface area (Å²) in [5.41, 5.74) is 2.27. The second-order valence-electron chi connectivity index (χ2n) is 4.58. The monoisotopic (exact) mass is 293 g/mol. The number of hydrogen-bond acceptors (Lipinski definition) is 4. The summed E-state index contributed by atoms with van der Waals surface area (Å²) in [6.07, 6.45) is 2.52. The Hall–Kier alpha value is -2.15. The van der Waals surface area contributed by atoms with E-state index in [4.69, 9.17) is 0 Å². The van der Waals surface area contributed by atoms with Gasteiger partial charge >= 0.3 is 0 Å². The number of amides is 1. The van der Waals surface area contributed by atoms with Crippen molar-refractivity contribution < 1.29 is 13.2 Å². The number of sulfonamides is 1. The van der Waals surface area contributed by atoms with E-state index < -0.39 is 15.9 Å². The molecule has 0 saturated carbocycles. The van der Waals surface area contributed by atoms with Crippen LogP contribution in [0.1, 0.15) is 21.5 Å². The maximum atomic E-state index is 12.0. The normalized spacial score (nSPS) is 11.3. The van der Waals surface area contributed by atoms with Gasteiger partial charge in [0, 0.05) is 18.8 Å². The van der Waals surface area contributed by atoms with Crippen molar-refractivity contribution in [3.63, 3.8) is 0 Å². The quantitative estimate of drug-likeness (QED) is 0.920. The Balaban J connectivity index is 2.25. The van der Waals surface area contributed by atoms with Crippen LogP contribution in [-0.4, -0.2) is 24.1 Å². The SMILES string of the molecule is Cc1ccc(C(=O)NS(=O)(=O)c2cnn(C)c2)cc1C. The fourth-order valence-electron chi connectivity index (χ4n) is 1.66. The van der Waals surface area contributed by atoms with Gasteiger partial charge < -0.3 is 0 Å². The van der Waals surface area contributed by atoms with Gasteiger partial charge in [0.15, 0.2) is 0 Å². The van der Waals surface area contributed by atoms with Crippen LogP contribution >= 0.6 is 0 Å². The molecule has 20 heavy (non-hydrogen) atoms. The number of nitrogens with one attached hydrogen (secondary N) is 1. The molecule has 6 nitrogen and oxygen atoms in total. The number of carbonyl (C=O) groups is 1. The molecule has 0 spiro atoms. The highest BCUT2D eigenvalue weighted by Gasteiger charge is 2.20. The van der Waals surface area contributed by atoms with Crippen molar-refractivity contribution in [2.24, 2.45) is 7.05 Å². The fourth-order valence-corrected chi connectivity index (χ4v) is 2.62. The predicted octanol–water partition coefficient (Wildman–Crippen LogP) is 1.16. The lowest BCUT2D eigenvalue weighted by molar-refractivity contribution is 0.0981. The summed E-state index contributed by atoms with van der Waals surface area (Å²) >= 11 is 0. The van der Waals surface area contributed by atoms with E-state index in [0.29, 0.717) is 5.56 Å². The lowest BCUT2D eigenvalue weighted by Crippen LogP contribution is -2.30. The molecule has 1 aromatic heterocycles. The van der Waals surface area contributed by atoms with Gasteiger partial charge in [0.25, 0.3) is 15.9 Å². The van der Waals surface area contributed by atoms with E-state index in [1.54, 1.807) is 25.2 Å². The van der Waals surface area contributed by atoms with Crippen LogP contribution in [0.3, 0.4) is 0 Å². The Morgan fingerprint density at radius 3 is 2.50 bits per heavy atom. The molecule has 1 N–H and O–H groups in total. The van der Waals surface area contributed by atoms with Crippen LogP contribution in [0, 0.1) is 13.8 Å². The van der Waals surface area contributed by atoms with Gasteiger partial charge in [0.2, 0.25) is 0 Å². The Kier molecular flexibility index (Phi) is 3.63. The molecule has 2 aromatic rings. The topological polar surface area (TPSA) is 81.1 Å². The summed E-state index contributed by atoms with van der Waals surface area (Å²) in [4.78, 5) is 11.9. The van der Waals surface area contributed by atoms with Crippen molar-refractivity contribution >= 4 is 15.9 Å². The molecular formula is C13H15N3O3S. The summed E-state index contributed by atoms with van der Waals surface area (Å²) in [6, 6.07) is 5.03. The molecule has 1 heterocycles. The first-order valence-corrected chi connectivity index (χ1v) is 7.41. The molecule has 1 amide bonds. The number of nitrogens with zero attached hydrogens (tertiary/aromatic N) is 2. The van der Waals surface area contributed by atoms with Gasteiger partial charge in [-0.2, -0.15) is 5.10 Å². The van der Waals surface area contributed by atoms with Crippen LogP contribution in [0.4, 0.5) is 0 Å². The maximum absolute atomic E-state index is 12.0.